The predicted octanol–water partition coefficient (Wildman–Crippen LogP) is 5.76. The first-order valence-electron chi connectivity index (χ1n) is 13.6. The molecule has 2 aliphatic heterocycles. The number of hydrogen-bond acceptors (Lipinski definition) is 6. The Hall–Kier alpha value is -4.04. The van der Waals surface area contributed by atoms with Crippen LogP contribution in [0.25, 0.3) is 6.08 Å². The van der Waals surface area contributed by atoms with Gasteiger partial charge < -0.3 is 14.4 Å². The van der Waals surface area contributed by atoms with Gasteiger partial charge in [0.2, 0.25) is 0 Å². The van der Waals surface area contributed by atoms with Crippen LogP contribution >= 0.6 is 11.8 Å². The number of hydrogen-bond donors (Lipinski definition) is 0. The fourth-order valence-electron chi connectivity index (χ4n) is 4.62. The number of aliphatic imine (C=N–C) groups is 1. The van der Waals surface area contributed by atoms with Crippen LogP contribution in [0.4, 0.5) is 0 Å². The molecule has 2 saturated heterocycles. The molecule has 0 atom stereocenters. The number of ether oxygens (including phenoxy) is 2. The second-order valence-corrected chi connectivity index (χ2v) is 10.6. The maximum atomic E-state index is 13.6. The van der Waals surface area contributed by atoms with Crippen LogP contribution in [0.2, 0.25) is 0 Å². The monoisotopic (exact) mass is 555 g/mol. The molecule has 5 rings (SSSR count). The average molecular weight is 556 g/mol. The number of carbonyl (C=O) groups is 2. The van der Waals surface area contributed by atoms with Gasteiger partial charge in [-0.15, -0.1) is 0 Å². The van der Waals surface area contributed by atoms with Crippen LogP contribution in [0.15, 0.2) is 88.8 Å². The van der Waals surface area contributed by atoms with Crippen LogP contribution in [-0.2, 0) is 22.7 Å². The molecule has 8 heteroatoms. The first kappa shape index (κ1) is 27.5. The zero-order valence-corrected chi connectivity index (χ0v) is 23.4. The summed E-state index contributed by atoms with van der Waals surface area (Å²) in [6.07, 6.45) is 3.94. The lowest BCUT2D eigenvalue weighted by Crippen LogP contribution is -2.32. The minimum absolute atomic E-state index is 0.0140. The minimum Gasteiger partial charge on any atom is -0.490 e. The quantitative estimate of drug-likeness (QED) is 0.298. The van der Waals surface area contributed by atoms with Gasteiger partial charge in [-0.1, -0.05) is 66.7 Å². The summed E-state index contributed by atoms with van der Waals surface area (Å²) in [7, 11) is 0. The number of carbonyl (C=O) groups excluding carboxylic acids is 2. The molecule has 2 amide bonds. The minimum atomic E-state index is -0.0878. The summed E-state index contributed by atoms with van der Waals surface area (Å²) in [5.74, 6) is 0.952. The van der Waals surface area contributed by atoms with E-state index in [1.165, 1.54) is 11.8 Å². The molecule has 2 aliphatic rings. The molecule has 3 aromatic carbocycles. The van der Waals surface area contributed by atoms with Crippen LogP contribution in [-0.4, -0.2) is 53.1 Å². The highest BCUT2D eigenvalue weighted by Crippen LogP contribution is 2.36. The van der Waals surface area contributed by atoms with Gasteiger partial charge in [0.1, 0.15) is 0 Å². The summed E-state index contributed by atoms with van der Waals surface area (Å²) < 4.78 is 11.7. The van der Waals surface area contributed by atoms with Crippen molar-refractivity contribution in [1.82, 2.24) is 9.80 Å². The number of amides is 2. The van der Waals surface area contributed by atoms with E-state index in [9.17, 15) is 9.59 Å². The highest BCUT2D eigenvalue weighted by molar-refractivity contribution is 8.18. The second-order valence-electron chi connectivity index (χ2n) is 9.59. The lowest BCUT2D eigenvalue weighted by Gasteiger charge is -2.17. The van der Waals surface area contributed by atoms with Crippen molar-refractivity contribution in [2.24, 2.45) is 4.99 Å². The van der Waals surface area contributed by atoms with Crippen molar-refractivity contribution >= 4 is 34.8 Å². The molecule has 7 nitrogen and oxygen atoms in total. The molecule has 3 aromatic rings. The van der Waals surface area contributed by atoms with E-state index in [2.05, 4.69) is 0 Å². The lowest BCUT2D eigenvalue weighted by molar-refractivity contribution is -0.132. The number of nitrogens with zero attached hydrogens (tertiary/aromatic N) is 3. The Morgan fingerprint density at radius 3 is 2.33 bits per heavy atom. The van der Waals surface area contributed by atoms with Gasteiger partial charge in [-0.3, -0.25) is 19.5 Å². The Morgan fingerprint density at radius 1 is 0.925 bits per heavy atom. The van der Waals surface area contributed by atoms with Gasteiger partial charge in [0.15, 0.2) is 23.3 Å². The normalized spacial score (nSPS) is 17.2. The Balaban J connectivity index is 1.36. The summed E-state index contributed by atoms with van der Waals surface area (Å²) in [5.41, 5.74) is 2.93. The van der Waals surface area contributed by atoms with Gasteiger partial charge in [0.05, 0.1) is 24.6 Å². The van der Waals surface area contributed by atoms with Crippen LogP contribution < -0.4 is 9.47 Å². The number of benzene rings is 3. The Labute approximate surface area is 239 Å². The molecule has 0 N–H and O–H groups in total. The van der Waals surface area contributed by atoms with Gasteiger partial charge in [0.25, 0.3) is 11.8 Å². The summed E-state index contributed by atoms with van der Waals surface area (Å²) in [5, 5.41) is 0.675. The summed E-state index contributed by atoms with van der Waals surface area (Å²) in [4.78, 5) is 35.0. The standard InChI is InChI=1S/C32H33N3O4S/c1-2-38-28-19-26(15-16-27(28)39-23-30(36)34-17-9-10-18-34)20-29-31(37)35(22-25-13-7-4-8-14-25)32(40-29)33-21-24-11-5-3-6-12-24/h3-8,11-16,19-20H,2,9-10,17-18,21-23H2,1H3/b29-20+,33-32?. The van der Waals surface area contributed by atoms with E-state index in [0.29, 0.717) is 41.3 Å². The Kier molecular flexibility index (Phi) is 9.18. The Bertz CT molecular complexity index is 1390. The first-order chi connectivity index (χ1) is 19.6. The van der Waals surface area contributed by atoms with Crippen LogP contribution in [0.5, 0.6) is 11.5 Å². The molecule has 0 aliphatic carbocycles. The highest BCUT2D eigenvalue weighted by Gasteiger charge is 2.33. The highest BCUT2D eigenvalue weighted by atomic mass is 32.2. The van der Waals surface area contributed by atoms with Crippen LogP contribution in [0, 0.1) is 0 Å². The van der Waals surface area contributed by atoms with Crippen molar-refractivity contribution in [3.63, 3.8) is 0 Å². The van der Waals surface area contributed by atoms with Crippen molar-refractivity contribution in [2.75, 3.05) is 26.3 Å². The molecule has 0 bridgehead atoms. The van der Waals surface area contributed by atoms with Crippen molar-refractivity contribution in [3.8, 4) is 11.5 Å². The summed E-state index contributed by atoms with van der Waals surface area (Å²) >= 11 is 1.38. The van der Waals surface area contributed by atoms with E-state index < -0.39 is 0 Å². The van der Waals surface area contributed by atoms with Gasteiger partial charge in [-0.05, 0) is 66.4 Å². The predicted molar refractivity (Wildman–Crippen MR) is 159 cm³/mol. The molecular formula is C32H33N3O4S. The van der Waals surface area contributed by atoms with Gasteiger partial charge in [-0.25, -0.2) is 0 Å². The van der Waals surface area contributed by atoms with E-state index in [4.69, 9.17) is 14.5 Å². The van der Waals surface area contributed by atoms with Crippen molar-refractivity contribution < 1.29 is 19.1 Å². The Morgan fingerprint density at radius 2 is 1.62 bits per heavy atom. The average Bonchev–Trinajstić information content (AvgIpc) is 3.62. The smallest absolute Gasteiger partial charge is 0.267 e. The second kappa shape index (κ2) is 13.3. The molecule has 0 unspecified atom stereocenters. The van der Waals surface area contributed by atoms with E-state index in [-0.39, 0.29) is 18.4 Å². The van der Waals surface area contributed by atoms with Crippen molar-refractivity contribution in [2.45, 2.75) is 32.9 Å². The fraction of sp³-hybridized carbons (Fsp3) is 0.281. The molecule has 2 fully saturated rings. The molecule has 40 heavy (non-hydrogen) atoms. The van der Waals surface area contributed by atoms with Crippen LogP contribution in [0.3, 0.4) is 0 Å². The van der Waals surface area contributed by atoms with Crippen LogP contribution in [0.1, 0.15) is 36.5 Å². The number of amidine groups is 1. The molecular weight excluding hydrogens is 522 g/mol. The van der Waals surface area contributed by atoms with E-state index in [1.54, 1.807) is 11.0 Å². The van der Waals surface area contributed by atoms with Crippen molar-refractivity contribution in [1.29, 1.82) is 0 Å². The van der Waals surface area contributed by atoms with Gasteiger partial charge in [0, 0.05) is 13.1 Å². The lowest BCUT2D eigenvalue weighted by atomic mass is 10.1. The summed E-state index contributed by atoms with van der Waals surface area (Å²) in [6, 6.07) is 25.5. The van der Waals surface area contributed by atoms with E-state index >= 15 is 0 Å². The molecule has 0 spiro atoms. The molecule has 2 heterocycles. The molecule has 0 aromatic heterocycles. The van der Waals surface area contributed by atoms with Gasteiger partial charge in [-0.2, -0.15) is 0 Å². The third-order valence-corrected chi connectivity index (χ3v) is 7.73. The number of thioether (sulfide) groups is 1. The third kappa shape index (κ3) is 6.93. The molecule has 206 valence electrons. The largest absolute Gasteiger partial charge is 0.490 e. The van der Waals surface area contributed by atoms with E-state index in [1.807, 2.05) is 90.7 Å². The fourth-order valence-corrected chi connectivity index (χ4v) is 5.60. The van der Waals surface area contributed by atoms with Gasteiger partial charge >= 0.3 is 0 Å². The molecule has 0 saturated carbocycles. The zero-order chi connectivity index (χ0) is 27.7. The number of rotatable bonds is 10. The number of likely N-dealkylation sites (tertiary alicyclic amines) is 1. The maximum Gasteiger partial charge on any atom is 0.267 e. The van der Waals surface area contributed by atoms with Crippen molar-refractivity contribution in [3.05, 3.63) is 100 Å². The third-order valence-electron chi connectivity index (χ3n) is 6.69. The van der Waals surface area contributed by atoms with E-state index in [0.717, 1.165) is 42.6 Å². The maximum absolute atomic E-state index is 13.6. The zero-order valence-electron chi connectivity index (χ0n) is 22.6. The SMILES string of the molecule is CCOc1cc(/C=C2/SC(=NCc3ccccc3)N(Cc3ccccc3)C2=O)ccc1OCC(=O)N1CCCC1. The first-order valence-corrected chi connectivity index (χ1v) is 14.4. The summed E-state index contributed by atoms with van der Waals surface area (Å²) in [6.45, 7) is 4.84. The topological polar surface area (TPSA) is 71.4 Å². The molecule has 0 radical (unpaired) electrons.